The van der Waals surface area contributed by atoms with E-state index in [1.165, 1.54) is 4.31 Å². The van der Waals surface area contributed by atoms with Gasteiger partial charge in [0.1, 0.15) is 0 Å². The summed E-state index contributed by atoms with van der Waals surface area (Å²) in [6.07, 6.45) is -0.317. The fourth-order valence-electron chi connectivity index (χ4n) is 3.46. The standard InChI is InChI=1S/C23H33ClN2O4S/c1-18(14-26(19(2)17-27)15-20-10-8-9-13-22(20)24)23(30-4)16-25(3)31(28,29)21-11-6-5-7-12-21/h5-13,18-19,23,27H,14-17H2,1-4H3/t18-,19+,23-/m0/s1. The first kappa shape index (κ1) is 25.8. The van der Waals surface area contributed by atoms with Crippen molar-refractivity contribution in [2.45, 2.75) is 37.4 Å². The molecule has 2 aromatic rings. The third-order valence-corrected chi connectivity index (χ3v) is 7.77. The predicted octanol–water partition coefficient (Wildman–Crippen LogP) is 3.49. The van der Waals surface area contributed by atoms with Crippen molar-refractivity contribution >= 4 is 21.6 Å². The Labute approximate surface area is 191 Å². The third-order valence-electron chi connectivity index (χ3n) is 5.57. The SMILES string of the molecule is CO[C@@H](CN(C)S(=O)(=O)c1ccccc1)[C@@H](C)CN(Cc1ccccc1Cl)[C@H](C)CO. The van der Waals surface area contributed by atoms with Gasteiger partial charge in [-0.05, 0) is 36.6 Å². The maximum atomic E-state index is 12.9. The fraction of sp³-hybridized carbons (Fsp3) is 0.478. The van der Waals surface area contributed by atoms with E-state index < -0.39 is 10.0 Å². The van der Waals surface area contributed by atoms with Gasteiger partial charge >= 0.3 is 0 Å². The highest BCUT2D eigenvalue weighted by Crippen LogP contribution is 2.22. The molecule has 172 valence electrons. The topological polar surface area (TPSA) is 70.1 Å². The molecule has 6 nitrogen and oxygen atoms in total. The summed E-state index contributed by atoms with van der Waals surface area (Å²) in [5.41, 5.74) is 0.981. The number of nitrogens with zero attached hydrogens (tertiary/aromatic N) is 2. The lowest BCUT2D eigenvalue weighted by Gasteiger charge is -2.34. The van der Waals surface area contributed by atoms with Crippen LogP contribution in [0.4, 0.5) is 0 Å². The molecule has 3 atom stereocenters. The van der Waals surface area contributed by atoms with Gasteiger partial charge in [-0.1, -0.05) is 54.9 Å². The average molecular weight is 469 g/mol. The normalized spacial score (nSPS) is 15.2. The van der Waals surface area contributed by atoms with Gasteiger partial charge in [-0.25, -0.2) is 8.42 Å². The highest BCUT2D eigenvalue weighted by molar-refractivity contribution is 7.89. The number of aliphatic hydroxyl groups is 1. The molecule has 0 amide bonds. The molecule has 0 aliphatic rings. The van der Waals surface area contributed by atoms with E-state index in [0.29, 0.717) is 18.1 Å². The lowest BCUT2D eigenvalue weighted by atomic mass is 10.0. The molecule has 0 radical (unpaired) electrons. The predicted molar refractivity (Wildman–Crippen MR) is 125 cm³/mol. The monoisotopic (exact) mass is 468 g/mol. The van der Waals surface area contributed by atoms with E-state index in [9.17, 15) is 13.5 Å². The van der Waals surface area contributed by atoms with E-state index in [4.69, 9.17) is 16.3 Å². The Kier molecular flexibility index (Phi) is 9.93. The molecular weight excluding hydrogens is 436 g/mol. The summed E-state index contributed by atoms with van der Waals surface area (Å²) in [6.45, 7) is 5.42. The number of sulfonamides is 1. The van der Waals surface area contributed by atoms with Crippen LogP contribution in [0.1, 0.15) is 19.4 Å². The number of rotatable bonds is 12. The van der Waals surface area contributed by atoms with Crippen LogP contribution in [0.5, 0.6) is 0 Å². The minimum atomic E-state index is -3.60. The van der Waals surface area contributed by atoms with Crippen LogP contribution in [0.3, 0.4) is 0 Å². The molecule has 0 aliphatic carbocycles. The Balaban J connectivity index is 2.11. The highest BCUT2D eigenvalue weighted by atomic mass is 35.5. The summed E-state index contributed by atoms with van der Waals surface area (Å²) in [7, 11) is -0.435. The van der Waals surface area contributed by atoms with Crippen LogP contribution in [0.2, 0.25) is 5.02 Å². The van der Waals surface area contributed by atoms with Crippen LogP contribution in [-0.2, 0) is 21.3 Å². The van der Waals surface area contributed by atoms with Crippen LogP contribution in [0.25, 0.3) is 0 Å². The van der Waals surface area contributed by atoms with E-state index >= 15 is 0 Å². The van der Waals surface area contributed by atoms with Crippen molar-refractivity contribution < 1.29 is 18.3 Å². The van der Waals surface area contributed by atoms with E-state index in [-0.39, 0.29) is 36.1 Å². The number of methoxy groups -OCH3 is 1. The fourth-order valence-corrected chi connectivity index (χ4v) is 4.86. The second kappa shape index (κ2) is 11.9. The molecule has 0 spiro atoms. The number of hydrogen-bond acceptors (Lipinski definition) is 5. The summed E-state index contributed by atoms with van der Waals surface area (Å²) in [5.74, 6) is 0.00918. The zero-order chi connectivity index (χ0) is 23.0. The second-order valence-corrected chi connectivity index (χ2v) is 10.4. The molecule has 2 rings (SSSR count). The van der Waals surface area contributed by atoms with E-state index in [1.54, 1.807) is 44.5 Å². The van der Waals surface area contributed by atoms with Crippen LogP contribution < -0.4 is 0 Å². The summed E-state index contributed by atoms with van der Waals surface area (Å²) < 4.78 is 32.8. The van der Waals surface area contributed by atoms with Gasteiger partial charge in [-0.3, -0.25) is 4.90 Å². The van der Waals surface area contributed by atoms with Crippen molar-refractivity contribution in [1.82, 2.24) is 9.21 Å². The van der Waals surface area contributed by atoms with Gasteiger partial charge in [0.15, 0.2) is 0 Å². The Bertz CT molecular complexity index is 911. The summed E-state index contributed by atoms with van der Waals surface area (Å²) in [5, 5.41) is 10.4. The molecular formula is C23H33ClN2O4S. The molecule has 0 fully saturated rings. The summed E-state index contributed by atoms with van der Waals surface area (Å²) >= 11 is 6.33. The van der Waals surface area contributed by atoms with Crippen molar-refractivity contribution in [3.8, 4) is 0 Å². The zero-order valence-corrected chi connectivity index (χ0v) is 20.2. The number of likely N-dealkylation sites (N-methyl/N-ethyl adjacent to an activating group) is 1. The molecule has 1 N–H and O–H groups in total. The molecule has 2 aromatic carbocycles. The Morgan fingerprint density at radius 1 is 1.03 bits per heavy atom. The van der Waals surface area contributed by atoms with Crippen molar-refractivity contribution in [1.29, 1.82) is 0 Å². The Morgan fingerprint density at radius 3 is 2.23 bits per heavy atom. The van der Waals surface area contributed by atoms with Crippen LogP contribution in [-0.4, -0.2) is 68.7 Å². The molecule has 0 bridgehead atoms. The van der Waals surface area contributed by atoms with Gasteiger partial charge < -0.3 is 9.84 Å². The second-order valence-electron chi connectivity index (χ2n) is 7.90. The smallest absolute Gasteiger partial charge is 0.242 e. The average Bonchev–Trinajstić information content (AvgIpc) is 2.78. The molecule has 0 aromatic heterocycles. The molecule has 0 unspecified atom stereocenters. The van der Waals surface area contributed by atoms with Gasteiger partial charge in [0.25, 0.3) is 0 Å². The minimum absolute atomic E-state index is 0.00918. The molecule has 31 heavy (non-hydrogen) atoms. The number of ether oxygens (including phenoxy) is 1. The van der Waals surface area contributed by atoms with Crippen LogP contribution >= 0.6 is 11.6 Å². The first-order valence-electron chi connectivity index (χ1n) is 10.3. The first-order chi connectivity index (χ1) is 14.7. The van der Waals surface area contributed by atoms with Gasteiger partial charge in [0.2, 0.25) is 10.0 Å². The quantitative estimate of drug-likeness (QED) is 0.516. The Morgan fingerprint density at radius 2 is 1.65 bits per heavy atom. The van der Waals surface area contributed by atoms with Crippen molar-refractivity contribution in [2.24, 2.45) is 5.92 Å². The maximum absolute atomic E-state index is 12.9. The zero-order valence-electron chi connectivity index (χ0n) is 18.6. The number of benzene rings is 2. The number of hydrogen-bond donors (Lipinski definition) is 1. The van der Waals surface area contributed by atoms with Crippen LogP contribution in [0.15, 0.2) is 59.5 Å². The van der Waals surface area contributed by atoms with Crippen molar-refractivity contribution in [3.05, 3.63) is 65.2 Å². The van der Waals surface area contributed by atoms with E-state index in [1.807, 2.05) is 38.1 Å². The van der Waals surface area contributed by atoms with Gasteiger partial charge in [0.05, 0.1) is 17.6 Å². The minimum Gasteiger partial charge on any atom is -0.395 e. The van der Waals surface area contributed by atoms with E-state index in [2.05, 4.69) is 4.90 Å². The summed E-state index contributed by atoms with van der Waals surface area (Å²) in [6, 6.07) is 15.9. The molecule has 0 aliphatic heterocycles. The van der Waals surface area contributed by atoms with Crippen molar-refractivity contribution in [3.63, 3.8) is 0 Å². The molecule has 0 heterocycles. The largest absolute Gasteiger partial charge is 0.395 e. The number of aliphatic hydroxyl groups excluding tert-OH is 1. The van der Waals surface area contributed by atoms with Gasteiger partial charge in [-0.2, -0.15) is 4.31 Å². The highest BCUT2D eigenvalue weighted by Gasteiger charge is 2.28. The lowest BCUT2D eigenvalue weighted by Crippen LogP contribution is -2.44. The number of halogens is 1. The Hall–Kier alpha value is -1.48. The van der Waals surface area contributed by atoms with Gasteiger partial charge in [-0.15, -0.1) is 0 Å². The van der Waals surface area contributed by atoms with Gasteiger partial charge in [0, 0.05) is 44.9 Å². The van der Waals surface area contributed by atoms with E-state index in [0.717, 1.165) is 5.56 Å². The summed E-state index contributed by atoms with van der Waals surface area (Å²) in [4.78, 5) is 2.40. The molecule has 0 saturated carbocycles. The van der Waals surface area contributed by atoms with Crippen LogP contribution in [0, 0.1) is 5.92 Å². The maximum Gasteiger partial charge on any atom is 0.242 e. The molecule has 8 heteroatoms. The first-order valence-corrected chi connectivity index (χ1v) is 12.1. The lowest BCUT2D eigenvalue weighted by molar-refractivity contribution is 0.0194. The molecule has 0 saturated heterocycles. The third kappa shape index (κ3) is 7.00. The van der Waals surface area contributed by atoms with Crippen molar-refractivity contribution in [2.75, 3.05) is 33.9 Å².